The summed E-state index contributed by atoms with van der Waals surface area (Å²) in [6, 6.07) is 6.32. The first kappa shape index (κ1) is 13.2. The fourth-order valence-electron chi connectivity index (χ4n) is 1.87. The van der Waals surface area contributed by atoms with Gasteiger partial charge in [-0.3, -0.25) is 4.98 Å². The molecule has 0 saturated carbocycles. The molecule has 3 nitrogen and oxygen atoms in total. The number of hydrogen-bond acceptors (Lipinski definition) is 4. The molecule has 0 fully saturated rings. The van der Waals surface area contributed by atoms with E-state index in [9.17, 15) is 0 Å². The van der Waals surface area contributed by atoms with Crippen LogP contribution in [0.25, 0.3) is 0 Å². The second-order valence-electron chi connectivity index (χ2n) is 4.32. The monoisotopic (exact) mass is 261 g/mol. The Balaban J connectivity index is 2.10. The van der Waals surface area contributed by atoms with Gasteiger partial charge in [0.2, 0.25) is 0 Å². The lowest BCUT2D eigenvalue weighted by Gasteiger charge is -2.16. The molecule has 18 heavy (non-hydrogen) atoms. The summed E-state index contributed by atoms with van der Waals surface area (Å²) in [4.78, 5) is 8.98. The molecule has 0 amide bonds. The van der Waals surface area contributed by atoms with E-state index in [2.05, 4.69) is 33.7 Å². The maximum atomic E-state index is 4.59. The second-order valence-corrected chi connectivity index (χ2v) is 5.39. The topological polar surface area (TPSA) is 37.8 Å². The number of aromatic nitrogens is 2. The predicted octanol–water partition coefficient (Wildman–Crippen LogP) is 3.13. The molecule has 0 bridgehead atoms. The Labute approximate surface area is 112 Å². The van der Waals surface area contributed by atoms with Gasteiger partial charge in [-0.05, 0) is 32.0 Å². The molecule has 0 aromatic carbocycles. The fourth-order valence-corrected chi connectivity index (χ4v) is 2.53. The van der Waals surface area contributed by atoms with Gasteiger partial charge in [-0.15, -0.1) is 11.3 Å². The van der Waals surface area contributed by atoms with E-state index in [0.717, 1.165) is 35.8 Å². The first-order valence-electron chi connectivity index (χ1n) is 6.35. The highest BCUT2D eigenvalue weighted by atomic mass is 32.1. The number of aryl methyl sites for hydroxylation is 1. The average molecular weight is 261 g/mol. The van der Waals surface area contributed by atoms with Gasteiger partial charge < -0.3 is 5.32 Å². The third kappa shape index (κ3) is 3.62. The Hall–Kier alpha value is -1.26. The van der Waals surface area contributed by atoms with Crippen LogP contribution in [-0.4, -0.2) is 16.5 Å². The van der Waals surface area contributed by atoms with Crippen LogP contribution in [0.3, 0.4) is 0 Å². The Kier molecular flexibility index (Phi) is 4.84. The minimum Gasteiger partial charge on any atom is -0.308 e. The number of pyridine rings is 1. The maximum Gasteiger partial charge on any atom is 0.0898 e. The van der Waals surface area contributed by atoms with Crippen LogP contribution in [-0.2, 0) is 6.42 Å². The van der Waals surface area contributed by atoms with Crippen LogP contribution >= 0.6 is 11.3 Å². The fraction of sp³-hybridized carbons (Fsp3) is 0.429. The number of hydrogen-bond donors (Lipinski definition) is 1. The van der Waals surface area contributed by atoms with Gasteiger partial charge in [-0.1, -0.05) is 13.0 Å². The Morgan fingerprint density at radius 2 is 2.28 bits per heavy atom. The van der Waals surface area contributed by atoms with Crippen molar-refractivity contribution in [3.8, 4) is 0 Å². The molecule has 0 spiro atoms. The largest absolute Gasteiger partial charge is 0.308 e. The number of thiazole rings is 1. The standard InChI is InChI=1S/C14H19N3S/c1-3-7-16-13(14-10-18-11(2)17-14)9-12-6-4-5-8-15-12/h4-6,8,10,13,16H,3,7,9H2,1-2H3. The molecule has 2 aromatic heterocycles. The minimum atomic E-state index is 0.268. The Morgan fingerprint density at radius 1 is 1.39 bits per heavy atom. The van der Waals surface area contributed by atoms with E-state index in [1.165, 1.54) is 0 Å². The molecule has 2 aromatic rings. The van der Waals surface area contributed by atoms with Gasteiger partial charge in [0, 0.05) is 23.7 Å². The van der Waals surface area contributed by atoms with E-state index in [1.54, 1.807) is 11.3 Å². The highest BCUT2D eigenvalue weighted by Gasteiger charge is 2.14. The molecule has 96 valence electrons. The van der Waals surface area contributed by atoms with E-state index in [-0.39, 0.29) is 6.04 Å². The average Bonchev–Trinajstić information content (AvgIpc) is 2.82. The summed E-state index contributed by atoms with van der Waals surface area (Å²) in [6.07, 6.45) is 3.87. The summed E-state index contributed by atoms with van der Waals surface area (Å²) >= 11 is 1.71. The van der Waals surface area contributed by atoms with Crippen LogP contribution in [0.1, 0.15) is 35.8 Å². The van der Waals surface area contributed by atoms with Gasteiger partial charge in [0.25, 0.3) is 0 Å². The van der Waals surface area contributed by atoms with E-state index < -0.39 is 0 Å². The van der Waals surface area contributed by atoms with E-state index >= 15 is 0 Å². The van der Waals surface area contributed by atoms with Gasteiger partial charge in [0.05, 0.1) is 16.7 Å². The zero-order chi connectivity index (χ0) is 12.8. The highest BCUT2D eigenvalue weighted by molar-refractivity contribution is 7.09. The SMILES string of the molecule is CCCNC(Cc1ccccn1)c1csc(C)n1. The van der Waals surface area contributed by atoms with Gasteiger partial charge in [0.15, 0.2) is 0 Å². The molecule has 0 aliphatic carbocycles. The maximum absolute atomic E-state index is 4.59. The molecule has 4 heteroatoms. The normalized spacial score (nSPS) is 12.6. The molecule has 0 saturated heterocycles. The van der Waals surface area contributed by atoms with Crippen molar-refractivity contribution < 1.29 is 0 Å². The van der Waals surface area contributed by atoms with Gasteiger partial charge >= 0.3 is 0 Å². The molecule has 0 radical (unpaired) electrons. The summed E-state index contributed by atoms with van der Waals surface area (Å²) in [6.45, 7) is 5.23. The number of rotatable bonds is 6. The zero-order valence-electron chi connectivity index (χ0n) is 10.9. The summed E-state index contributed by atoms with van der Waals surface area (Å²) in [7, 11) is 0. The predicted molar refractivity (Wildman–Crippen MR) is 75.8 cm³/mol. The van der Waals surface area contributed by atoms with Gasteiger partial charge in [-0.25, -0.2) is 4.98 Å². The molecular formula is C14H19N3S. The lowest BCUT2D eigenvalue weighted by atomic mass is 10.1. The third-order valence-electron chi connectivity index (χ3n) is 2.77. The first-order valence-corrected chi connectivity index (χ1v) is 7.23. The summed E-state index contributed by atoms with van der Waals surface area (Å²) < 4.78 is 0. The van der Waals surface area contributed by atoms with Crippen LogP contribution in [0, 0.1) is 6.92 Å². The van der Waals surface area contributed by atoms with Crippen LogP contribution in [0.15, 0.2) is 29.8 Å². The van der Waals surface area contributed by atoms with Gasteiger partial charge in [0.1, 0.15) is 0 Å². The molecule has 1 unspecified atom stereocenters. The summed E-state index contributed by atoms with van der Waals surface area (Å²) in [5.74, 6) is 0. The van der Waals surface area contributed by atoms with Crippen molar-refractivity contribution in [3.63, 3.8) is 0 Å². The van der Waals surface area contributed by atoms with Crippen molar-refractivity contribution in [2.75, 3.05) is 6.54 Å². The van der Waals surface area contributed by atoms with Crippen molar-refractivity contribution in [1.82, 2.24) is 15.3 Å². The van der Waals surface area contributed by atoms with E-state index in [1.807, 2.05) is 25.3 Å². The molecule has 0 aliphatic rings. The quantitative estimate of drug-likeness (QED) is 0.868. The number of nitrogens with zero attached hydrogens (tertiary/aromatic N) is 2. The van der Waals surface area contributed by atoms with Crippen LogP contribution in [0.2, 0.25) is 0 Å². The first-order chi connectivity index (χ1) is 8.79. The van der Waals surface area contributed by atoms with Crippen molar-refractivity contribution >= 4 is 11.3 Å². The van der Waals surface area contributed by atoms with Gasteiger partial charge in [-0.2, -0.15) is 0 Å². The molecular weight excluding hydrogens is 242 g/mol. The van der Waals surface area contributed by atoms with Crippen molar-refractivity contribution in [1.29, 1.82) is 0 Å². The minimum absolute atomic E-state index is 0.268. The van der Waals surface area contributed by atoms with E-state index in [0.29, 0.717) is 0 Å². The van der Waals surface area contributed by atoms with Crippen LogP contribution in [0.4, 0.5) is 0 Å². The zero-order valence-corrected chi connectivity index (χ0v) is 11.7. The second kappa shape index (κ2) is 6.61. The molecule has 2 rings (SSSR count). The number of nitrogens with one attached hydrogen (secondary N) is 1. The lowest BCUT2D eigenvalue weighted by molar-refractivity contribution is 0.515. The summed E-state index contributed by atoms with van der Waals surface area (Å²) in [5.41, 5.74) is 2.24. The Morgan fingerprint density at radius 3 is 2.89 bits per heavy atom. The molecule has 1 atom stereocenters. The molecule has 2 heterocycles. The van der Waals surface area contributed by atoms with Crippen molar-refractivity contribution in [2.24, 2.45) is 0 Å². The van der Waals surface area contributed by atoms with E-state index in [4.69, 9.17) is 0 Å². The Bertz CT molecular complexity index is 467. The van der Waals surface area contributed by atoms with Crippen molar-refractivity contribution in [2.45, 2.75) is 32.7 Å². The summed E-state index contributed by atoms with van der Waals surface area (Å²) in [5, 5.41) is 6.82. The smallest absolute Gasteiger partial charge is 0.0898 e. The molecule has 0 aliphatic heterocycles. The third-order valence-corrected chi connectivity index (χ3v) is 3.57. The van der Waals surface area contributed by atoms with Crippen LogP contribution in [0.5, 0.6) is 0 Å². The molecule has 1 N–H and O–H groups in total. The van der Waals surface area contributed by atoms with Crippen LogP contribution < -0.4 is 5.32 Å². The lowest BCUT2D eigenvalue weighted by Crippen LogP contribution is -2.24. The highest BCUT2D eigenvalue weighted by Crippen LogP contribution is 2.19. The van der Waals surface area contributed by atoms with Crippen molar-refractivity contribution in [3.05, 3.63) is 46.2 Å².